The van der Waals surface area contributed by atoms with E-state index >= 15 is 0 Å². The molecule has 26 heavy (non-hydrogen) atoms. The summed E-state index contributed by atoms with van der Waals surface area (Å²) in [5.41, 5.74) is 2.14. The molecule has 3 aromatic rings. The molecule has 0 aliphatic heterocycles. The van der Waals surface area contributed by atoms with E-state index in [9.17, 15) is 4.79 Å². The van der Waals surface area contributed by atoms with Crippen molar-refractivity contribution in [2.24, 2.45) is 0 Å². The summed E-state index contributed by atoms with van der Waals surface area (Å²) in [6.07, 6.45) is 8.39. The average molecular weight is 373 g/mol. The number of fused-ring (bicyclic) bond motifs is 1. The van der Waals surface area contributed by atoms with Crippen LogP contribution in [-0.2, 0) is 6.42 Å². The lowest BCUT2D eigenvalue weighted by molar-refractivity contribution is 0.0916. The Morgan fingerprint density at radius 3 is 2.96 bits per heavy atom. The number of hydrogen-bond donors (Lipinski definition) is 2. The van der Waals surface area contributed by atoms with E-state index in [0.29, 0.717) is 29.8 Å². The molecule has 0 atom stereocenters. The van der Waals surface area contributed by atoms with Gasteiger partial charge in [0.05, 0.1) is 0 Å². The predicted octanol–water partition coefficient (Wildman–Crippen LogP) is 4.22. The van der Waals surface area contributed by atoms with Crippen molar-refractivity contribution in [3.63, 3.8) is 0 Å². The molecule has 0 saturated heterocycles. The molecule has 0 bridgehead atoms. The van der Waals surface area contributed by atoms with Crippen molar-refractivity contribution >= 4 is 28.4 Å². The predicted molar refractivity (Wildman–Crippen MR) is 99.5 cm³/mol. The third-order valence-electron chi connectivity index (χ3n) is 5.00. The number of halogens is 1. The molecular weight excluding hydrogens is 352 g/mol. The van der Waals surface area contributed by atoms with E-state index in [1.807, 2.05) is 24.4 Å². The number of nitrogens with one attached hydrogen (secondary N) is 2. The topological polar surface area (TPSA) is 83.8 Å². The van der Waals surface area contributed by atoms with Gasteiger partial charge in [0.15, 0.2) is 0 Å². The molecule has 6 nitrogen and oxygen atoms in total. The maximum atomic E-state index is 12.3. The quantitative estimate of drug-likeness (QED) is 0.702. The Kier molecular flexibility index (Phi) is 4.93. The van der Waals surface area contributed by atoms with Crippen LogP contribution in [0.2, 0.25) is 5.02 Å². The van der Waals surface area contributed by atoms with Gasteiger partial charge >= 0.3 is 11.8 Å². The summed E-state index contributed by atoms with van der Waals surface area (Å²) in [6, 6.07) is 5.73. The van der Waals surface area contributed by atoms with Crippen LogP contribution in [0, 0.1) is 0 Å². The van der Waals surface area contributed by atoms with Gasteiger partial charge in [0.1, 0.15) is 0 Å². The summed E-state index contributed by atoms with van der Waals surface area (Å²) < 4.78 is 5.60. The number of aromatic amines is 1. The number of amides is 1. The standard InChI is InChI=1S/C19H21ClN4O2/c20-14-6-7-16-15(10-14)13(11-22-16)8-9-21-17(25)19-24-23-18(26-19)12-4-2-1-3-5-12/h6-7,10-12,22H,1-5,8-9H2,(H,21,25). The molecule has 2 aromatic heterocycles. The summed E-state index contributed by atoms with van der Waals surface area (Å²) in [5.74, 6) is 0.625. The lowest BCUT2D eigenvalue weighted by Gasteiger charge is -2.17. The van der Waals surface area contributed by atoms with E-state index < -0.39 is 0 Å². The van der Waals surface area contributed by atoms with Gasteiger partial charge in [-0.1, -0.05) is 30.9 Å². The number of rotatable bonds is 5. The lowest BCUT2D eigenvalue weighted by atomic mass is 9.89. The van der Waals surface area contributed by atoms with Crippen molar-refractivity contribution in [3.8, 4) is 0 Å². The molecule has 4 rings (SSSR count). The van der Waals surface area contributed by atoms with Crippen LogP contribution in [0.1, 0.15) is 60.2 Å². The van der Waals surface area contributed by atoms with Gasteiger partial charge in [-0.3, -0.25) is 4.79 Å². The second-order valence-corrected chi connectivity index (χ2v) is 7.23. The molecule has 0 radical (unpaired) electrons. The van der Waals surface area contributed by atoms with Crippen molar-refractivity contribution < 1.29 is 9.21 Å². The zero-order valence-corrected chi connectivity index (χ0v) is 15.2. The monoisotopic (exact) mass is 372 g/mol. The number of hydrogen-bond acceptors (Lipinski definition) is 4. The fourth-order valence-corrected chi connectivity index (χ4v) is 3.76. The molecule has 2 N–H and O–H groups in total. The fraction of sp³-hybridized carbons (Fsp3) is 0.421. The minimum absolute atomic E-state index is 0.0487. The Balaban J connectivity index is 1.35. The molecule has 1 fully saturated rings. The number of carbonyl (C=O) groups excluding carboxylic acids is 1. The molecule has 1 amide bonds. The summed E-state index contributed by atoms with van der Waals surface area (Å²) in [7, 11) is 0. The average Bonchev–Trinajstić information content (AvgIpc) is 3.30. The van der Waals surface area contributed by atoms with Crippen LogP contribution in [0.5, 0.6) is 0 Å². The number of carbonyl (C=O) groups is 1. The second kappa shape index (κ2) is 7.50. The second-order valence-electron chi connectivity index (χ2n) is 6.79. The number of H-pyrrole nitrogens is 1. The summed E-state index contributed by atoms with van der Waals surface area (Å²) in [4.78, 5) is 15.5. The van der Waals surface area contributed by atoms with E-state index in [2.05, 4.69) is 20.5 Å². The summed E-state index contributed by atoms with van der Waals surface area (Å²) >= 11 is 6.07. The SMILES string of the molecule is O=C(NCCc1c[nH]c2ccc(Cl)cc12)c1nnc(C2CCCCC2)o1. The first kappa shape index (κ1) is 17.1. The molecule has 1 aromatic carbocycles. The van der Waals surface area contributed by atoms with E-state index in [1.165, 1.54) is 19.3 Å². The van der Waals surface area contributed by atoms with Crippen LogP contribution in [0.25, 0.3) is 10.9 Å². The Morgan fingerprint density at radius 1 is 1.27 bits per heavy atom. The molecule has 2 heterocycles. The third-order valence-corrected chi connectivity index (χ3v) is 5.23. The van der Waals surface area contributed by atoms with E-state index in [-0.39, 0.29) is 11.8 Å². The van der Waals surface area contributed by atoms with Crippen LogP contribution in [0.15, 0.2) is 28.8 Å². The maximum absolute atomic E-state index is 12.3. The van der Waals surface area contributed by atoms with Gasteiger partial charge in [-0.2, -0.15) is 0 Å². The largest absolute Gasteiger partial charge is 0.417 e. The minimum Gasteiger partial charge on any atom is -0.417 e. The zero-order chi connectivity index (χ0) is 17.9. The third kappa shape index (κ3) is 3.60. The smallest absolute Gasteiger partial charge is 0.308 e. The highest BCUT2D eigenvalue weighted by Crippen LogP contribution is 2.31. The fourth-order valence-electron chi connectivity index (χ4n) is 3.58. The van der Waals surface area contributed by atoms with Gasteiger partial charge in [-0.05, 0) is 43.0 Å². The molecular formula is C19H21ClN4O2. The minimum atomic E-state index is -0.322. The first-order chi connectivity index (χ1) is 12.7. The first-order valence-corrected chi connectivity index (χ1v) is 9.45. The molecule has 7 heteroatoms. The first-order valence-electron chi connectivity index (χ1n) is 9.08. The van der Waals surface area contributed by atoms with E-state index in [0.717, 1.165) is 29.3 Å². The zero-order valence-electron chi connectivity index (χ0n) is 14.4. The molecule has 0 unspecified atom stereocenters. The Bertz CT molecular complexity index is 911. The Labute approximate surface area is 156 Å². The normalized spacial score (nSPS) is 15.4. The highest BCUT2D eigenvalue weighted by molar-refractivity contribution is 6.31. The number of benzene rings is 1. The van der Waals surface area contributed by atoms with Gasteiger partial charge < -0.3 is 14.7 Å². The Hall–Kier alpha value is -2.34. The van der Waals surface area contributed by atoms with Crippen LogP contribution < -0.4 is 5.32 Å². The van der Waals surface area contributed by atoms with Crippen molar-refractivity contribution in [1.29, 1.82) is 0 Å². The highest BCUT2D eigenvalue weighted by atomic mass is 35.5. The van der Waals surface area contributed by atoms with E-state index in [4.69, 9.17) is 16.0 Å². The van der Waals surface area contributed by atoms with Gasteiger partial charge in [0.25, 0.3) is 0 Å². The van der Waals surface area contributed by atoms with Gasteiger partial charge in [-0.15, -0.1) is 10.2 Å². The Morgan fingerprint density at radius 2 is 2.12 bits per heavy atom. The number of nitrogens with zero attached hydrogens (tertiary/aromatic N) is 2. The lowest BCUT2D eigenvalue weighted by Crippen LogP contribution is -2.26. The van der Waals surface area contributed by atoms with Crippen molar-refractivity contribution in [2.75, 3.05) is 6.54 Å². The molecule has 1 saturated carbocycles. The van der Waals surface area contributed by atoms with Crippen LogP contribution in [0.3, 0.4) is 0 Å². The van der Waals surface area contributed by atoms with E-state index in [1.54, 1.807) is 0 Å². The molecule has 136 valence electrons. The summed E-state index contributed by atoms with van der Waals surface area (Å²) in [5, 5.41) is 12.6. The number of aromatic nitrogens is 3. The highest BCUT2D eigenvalue weighted by Gasteiger charge is 2.23. The van der Waals surface area contributed by atoms with Crippen LogP contribution in [-0.4, -0.2) is 27.6 Å². The van der Waals surface area contributed by atoms with Crippen molar-refractivity contribution in [1.82, 2.24) is 20.5 Å². The van der Waals surface area contributed by atoms with Gasteiger partial charge in [0.2, 0.25) is 5.89 Å². The van der Waals surface area contributed by atoms with Crippen molar-refractivity contribution in [3.05, 3.63) is 46.8 Å². The van der Waals surface area contributed by atoms with Crippen LogP contribution in [0.4, 0.5) is 0 Å². The molecule has 1 aliphatic rings. The van der Waals surface area contributed by atoms with Crippen LogP contribution >= 0.6 is 11.6 Å². The van der Waals surface area contributed by atoms with Crippen molar-refractivity contribution in [2.45, 2.75) is 44.4 Å². The maximum Gasteiger partial charge on any atom is 0.308 e. The summed E-state index contributed by atoms with van der Waals surface area (Å²) in [6.45, 7) is 0.486. The molecule has 0 spiro atoms. The molecule has 1 aliphatic carbocycles. The van der Waals surface area contributed by atoms with Gasteiger partial charge in [-0.25, -0.2) is 0 Å². The van der Waals surface area contributed by atoms with Gasteiger partial charge in [0, 0.05) is 34.6 Å².